The maximum Gasteiger partial charge on any atom is 0.274 e. The number of benzene rings is 1. The predicted molar refractivity (Wildman–Crippen MR) is 171 cm³/mol. The lowest BCUT2D eigenvalue weighted by molar-refractivity contribution is -0.119. The molecule has 0 radical (unpaired) electrons. The molecular weight excluding hydrogens is 596 g/mol. The molecule has 0 spiro atoms. The molecule has 1 fully saturated rings. The summed E-state index contributed by atoms with van der Waals surface area (Å²) in [5.74, 6) is 0.101. The number of ether oxygens (including phenoxy) is 1. The number of hydrogen-bond acceptors (Lipinski definition) is 10. The van der Waals surface area contributed by atoms with Gasteiger partial charge in [-0.3, -0.25) is 24.5 Å². The van der Waals surface area contributed by atoms with Crippen LogP contribution in [-0.4, -0.2) is 69.7 Å². The molecule has 5 rings (SSSR count). The molecule has 0 saturated carbocycles. The van der Waals surface area contributed by atoms with Gasteiger partial charge in [0.25, 0.3) is 5.91 Å². The van der Waals surface area contributed by atoms with E-state index in [0.717, 1.165) is 23.1 Å². The van der Waals surface area contributed by atoms with Gasteiger partial charge in [-0.1, -0.05) is 29.8 Å². The van der Waals surface area contributed by atoms with Crippen molar-refractivity contribution in [2.75, 3.05) is 32.1 Å². The van der Waals surface area contributed by atoms with Gasteiger partial charge in [-0.2, -0.15) is 0 Å². The van der Waals surface area contributed by atoms with Crippen LogP contribution in [0.15, 0.2) is 55.0 Å². The summed E-state index contributed by atoms with van der Waals surface area (Å²) in [7, 11) is 1.54. The first-order valence-corrected chi connectivity index (χ1v) is 15.0. The first-order valence-electron chi connectivity index (χ1n) is 14.6. The Morgan fingerprint density at radius 3 is 2.69 bits per heavy atom. The highest BCUT2D eigenvalue weighted by molar-refractivity contribution is 6.35. The lowest BCUT2D eigenvalue weighted by Gasteiger charge is -2.15. The summed E-state index contributed by atoms with van der Waals surface area (Å²) in [6.45, 7) is 4.03. The van der Waals surface area contributed by atoms with Gasteiger partial charge in [0.1, 0.15) is 11.4 Å². The Kier molecular flexibility index (Phi) is 10.6. The van der Waals surface area contributed by atoms with Crippen LogP contribution in [0.1, 0.15) is 40.2 Å². The molecule has 1 atom stereocenters. The van der Waals surface area contributed by atoms with Crippen molar-refractivity contribution < 1.29 is 19.4 Å². The number of amides is 2. The number of halogens is 1. The average Bonchev–Trinajstić information content (AvgIpc) is 3.47. The molecule has 1 saturated heterocycles. The third-order valence-corrected chi connectivity index (χ3v) is 7.83. The largest absolute Gasteiger partial charge is 0.480 e. The lowest BCUT2D eigenvalue weighted by Crippen LogP contribution is -2.35. The van der Waals surface area contributed by atoms with Crippen molar-refractivity contribution in [2.45, 2.75) is 38.9 Å². The number of carbonyl (C=O) groups excluding carboxylic acids is 2. The second kappa shape index (κ2) is 15.0. The minimum atomic E-state index is -0.345. The molecule has 45 heavy (non-hydrogen) atoms. The van der Waals surface area contributed by atoms with Crippen LogP contribution >= 0.6 is 11.6 Å². The van der Waals surface area contributed by atoms with Gasteiger partial charge < -0.3 is 31.1 Å². The minimum Gasteiger partial charge on any atom is -0.480 e. The van der Waals surface area contributed by atoms with E-state index in [1.54, 1.807) is 30.7 Å². The van der Waals surface area contributed by atoms with Crippen molar-refractivity contribution in [1.29, 1.82) is 0 Å². The van der Waals surface area contributed by atoms with Crippen LogP contribution in [0.5, 0.6) is 5.88 Å². The normalized spacial score (nSPS) is 14.3. The molecule has 4 aromatic rings. The van der Waals surface area contributed by atoms with Crippen LogP contribution in [0, 0.1) is 6.92 Å². The first kappa shape index (κ1) is 31.9. The Balaban J connectivity index is 1.32. The van der Waals surface area contributed by atoms with E-state index in [-0.39, 0.29) is 30.2 Å². The second-order valence-electron chi connectivity index (χ2n) is 10.6. The number of aliphatic hydroxyl groups excluding tert-OH is 1. The van der Waals surface area contributed by atoms with Gasteiger partial charge in [-0.05, 0) is 42.7 Å². The van der Waals surface area contributed by atoms with Gasteiger partial charge >= 0.3 is 0 Å². The number of rotatable bonds is 13. The maximum atomic E-state index is 13.0. The number of methoxy groups -OCH3 is 1. The summed E-state index contributed by atoms with van der Waals surface area (Å²) < 4.78 is 5.54. The zero-order valence-corrected chi connectivity index (χ0v) is 25.8. The number of aliphatic hydroxyl groups is 1. The van der Waals surface area contributed by atoms with Gasteiger partial charge in [-0.25, -0.2) is 4.98 Å². The molecule has 4 heterocycles. The topological polar surface area (TPSA) is 163 Å². The van der Waals surface area contributed by atoms with Crippen molar-refractivity contribution in [3.63, 3.8) is 0 Å². The fourth-order valence-electron chi connectivity index (χ4n) is 5.03. The van der Waals surface area contributed by atoms with E-state index in [9.17, 15) is 9.59 Å². The van der Waals surface area contributed by atoms with Gasteiger partial charge in [0.15, 0.2) is 0 Å². The molecule has 1 aromatic carbocycles. The maximum absolute atomic E-state index is 13.0. The number of nitrogens with one attached hydrogen (secondary N) is 4. The SMILES string of the molecule is COc1nc(-c2ccnc(-c3cccc(NC(=O)c4ccc(CNCCO)cn4)c3C)c2Cl)cnc1CNC[C@H]1CCC(=O)N1. The van der Waals surface area contributed by atoms with Gasteiger partial charge in [-0.15, -0.1) is 0 Å². The smallest absolute Gasteiger partial charge is 0.274 e. The molecule has 2 amide bonds. The highest BCUT2D eigenvalue weighted by Gasteiger charge is 2.21. The quantitative estimate of drug-likeness (QED) is 0.139. The summed E-state index contributed by atoms with van der Waals surface area (Å²) in [6.07, 6.45) is 6.29. The Morgan fingerprint density at radius 2 is 1.96 bits per heavy atom. The van der Waals surface area contributed by atoms with E-state index in [1.165, 1.54) is 7.11 Å². The molecule has 3 aromatic heterocycles. The van der Waals surface area contributed by atoms with E-state index in [4.69, 9.17) is 21.4 Å². The third-order valence-electron chi connectivity index (χ3n) is 7.45. The first-order chi connectivity index (χ1) is 21.9. The Labute approximate surface area is 266 Å². The van der Waals surface area contributed by atoms with Crippen LogP contribution in [0.25, 0.3) is 22.5 Å². The molecule has 13 heteroatoms. The average molecular weight is 631 g/mol. The van der Waals surface area contributed by atoms with Crippen molar-refractivity contribution in [3.8, 4) is 28.4 Å². The van der Waals surface area contributed by atoms with Crippen LogP contribution in [0.2, 0.25) is 5.02 Å². The van der Waals surface area contributed by atoms with Crippen LogP contribution in [-0.2, 0) is 17.9 Å². The number of pyridine rings is 2. The monoisotopic (exact) mass is 630 g/mol. The van der Waals surface area contributed by atoms with Crippen molar-refractivity contribution in [3.05, 3.63) is 82.5 Å². The second-order valence-corrected chi connectivity index (χ2v) is 10.9. The van der Waals surface area contributed by atoms with Crippen LogP contribution in [0.4, 0.5) is 5.69 Å². The van der Waals surface area contributed by atoms with E-state index in [0.29, 0.717) is 71.8 Å². The fraction of sp³-hybridized carbons (Fsp3) is 0.312. The number of carbonyl (C=O) groups is 2. The van der Waals surface area contributed by atoms with Crippen molar-refractivity contribution in [2.24, 2.45) is 0 Å². The van der Waals surface area contributed by atoms with Crippen LogP contribution in [0.3, 0.4) is 0 Å². The molecule has 0 unspecified atom stereocenters. The fourth-order valence-corrected chi connectivity index (χ4v) is 5.34. The molecule has 1 aliphatic heterocycles. The summed E-state index contributed by atoms with van der Waals surface area (Å²) in [4.78, 5) is 42.6. The Morgan fingerprint density at radius 1 is 1.09 bits per heavy atom. The van der Waals surface area contributed by atoms with E-state index in [1.807, 2.05) is 31.2 Å². The summed E-state index contributed by atoms with van der Waals surface area (Å²) in [5.41, 5.74) is 5.64. The zero-order chi connectivity index (χ0) is 31.8. The highest BCUT2D eigenvalue weighted by Crippen LogP contribution is 2.37. The Bertz CT molecular complexity index is 1670. The summed E-state index contributed by atoms with van der Waals surface area (Å²) >= 11 is 6.93. The van der Waals surface area contributed by atoms with Gasteiger partial charge in [0.2, 0.25) is 11.8 Å². The third kappa shape index (κ3) is 7.78. The molecule has 0 aliphatic carbocycles. The number of aromatic nitrogens is 4. The van der Waals surface area contributed by atoms with E-state index < -0.39 is 0 Å². The molecule has 1 aliphatic rings. The summed E-state index contributed by atoms with van der Waals surface area (Å²) in [5, 5.41) is 21.6. The number of nitrogens with zero attached hydrogens (tertiary/aromatic N) is 4. The number of hydrogen-bond donors (Lipinski definition) is 5. The molecule has 5 N–H and O–H groups in total. The molecule has 12 nitrogen and oxygen atoms in total. The predicted octanol–water partition coefficient (Wildman–Crippen LogP) is 3.27. The molecule has 0 bridgehead atoms. The standard InChI is InChI=1S/C32H35ClN8O4/c1-19-22(4-3-5-24(19)40-31(44)25-8-6-20(15-37-25)14-34-12-13-42)30-29(33)23(10-11-36-30)26-18-38-27(32(41-26)45-2)17-35-16-21-7-9-28(43)39-21/h3-6,8,10-11,15,18,21,34-35,42H,7,9,12-14,16-17H2,1-2H3,(H,39,43)(H,40,44)/t21-/m1/s1. The zero-order valence-electron chi connectivity index (χ0n) is 25.1. The van der Waals surface area contributed by atoms with Crippen molar-refractivity contribution in [1.82, 2.24) is 35.9 Å². The molecular formula is C32H35ClN8O4. The Hall–Kier alpha value is -4.49. The van der Waals surface area contributed by atoms with Gasteiger partial charge in [0.05, 0.1) is 36.3 Å². The number of anilines is 1. The highest BCUT2D eigenvalue weighted by atomic mass is 35.5. The minimum absolute atomic E-state index is 0.0516. The summed E-state index contributed by atoms with van der Waals surface area (Å²) in [6, 6.07) is 10.9. The lowest BCUT2D eigenvalue weighted by atomic mass is 10.0. The molecule has 234 valence electrons. The van der Waals surface area contributed by atoms with Crippen LogP contribution < -0.4 is 26.0 Å². The van der Waals surface area contributed by atoms with Crippen molar-refractivity contribution >= 4 is 29.1 Å². The van der Waals surface area contributed by atoms with E-state index in [2.05, 4.69) is 41.2 Å². The van der Waals surface area contributed by atoms with Gasteiger partial charge in [0, 0.05) is 67.8 Å². The van der Waals surface area contributed by atoms with E-state index >= 15 is 0 Å².